The molecule has 1 atom stereocenters. The molecule has 3 nitrogen and oxygen atoms in total. The average molecular weight is 284 g/mol. The average Bonchev–Trinajstić information content (AvgIpc) is 2.43. The molecular weight excluding hydrogens is 262 g/mol. The molecule has 19 heavy (non-hydrogen) atoms. The minimum atomic E-state index is -0.0636. The molecule has 0 aromatic heterocycles. The maximum absolute atomic E-state index is 12.0. The molecule has 0 aliphatic rings. The van der Waals surface area contributed by atoms with Gasteiger partial charge in [-0.3, -0.25) is 4.79 Å². The van der Waals surface area contributed by atoms with Crippen molar-refractivity contribution >= 4 is 17.5 Å². The van der Waals surface area contributed by atoms with E-state index in [4.69, 9.17) is 16.3 Å². The number of hydrogen-bond donors (Lipinski definition) is 1. The van der Waals surface area contributed by atoms with Crippen LogP contribution in [-0.4, -0.2) is 25.4 Å². The fraction of sp³-hybridized carbons (Fsp3) is 0.533. The Hall–Kier alpha value is -1.22. The SMILES string of the molecule is CCC(CCCl)CNC(=O)c1ccc(C)c(OC)c1. The standard InChI is InChI=1S/C15H22ClNO2/c1-4-12(7-8-16)10-17-15(18)13-6-5-11(2)14(9-13)19-3/h5-6,9,12H,4,7-8,10H2,1-3H3,(H,17,18). The van der Waals surface area contributed by atoms with Crippen LogP contribution in [-0.2, 0) is 0 Å². The maximum Gasteiger partial charge on any atom is 0.251 e. The van der Waals surface area contributed by atoms with Crippen LogP contribution in [0, 0.1) is 12.8 Å². The maximum atomic E-state index is 12.0. The van der Waals surface area contributed by atoms with Crippen molar-refractivity contribution in [3.05, 3.63) is 29.3 Å². The molecule has 4 heteroatoms. The smallest absolute Gasteiger partial charge is 0.251 e. The lowest BCUT2D eigenvalue weighted by Crippen LogP contribution is -2.29. The summed E-state index contributed by atoms with van der Waals surface area (Å²) in [6.07, 6.45) is 1.94. The number of rotatable bonds is 7. The van der Waals surface area contributed by atoms with Gasteiger partial charge in [-0.05, 0) is 37.0 Å². The van der Waals surface area contributed by atoms with Gasteiger partial charge in [0.05, 0.1) is 7.11 Å². The summed E-state index contributed by atoms with van der Waals surface area (Å²) in [5.41, 5.74) is 1.65. The molecule has 1 unspecified atom stereocenters. The summed E-state index contributed by atoms with van der Waals surface area (Å²) in [5, 5.41) is 2.95. The summed E-state index contributed by atoms with van der Waals surface area (Å²) in [6, 6.07) is 5.48. The molecular formula is C15H22ClNO2. The van der Waals surface area contributed by atoms with E-state index in [0.717, 1.165) is 24.2 Å². The van der Waals surface area contributed by atoms with Crippen LogP contribution in [0.2, 0.25) is 0 Å². The van der Waals surface area contributed by atoms with Crippen LogP contribution < -0.4 is 10.1 Å². The third-order valence-electron chi connectivity index (χ3n) is 3.32. The topological polar surface area (TPSA) is 38.3 Å². The van der Waals surface area contributed by atoms with Gasteiger partial charge < -0.3 is 10.1 Å². The molecule has 1 N–H and O–H groups in total. The van der Waals surface area contributed by atoms with Crippen molar-refractivity contribution in [3.8, 4) is 5.75 Å². The van der Waals surface area contributed by atoms with Gasteiger partial charge in [-0.1, -0.05) is 19.4 Å². The van der Waals surface area contributed by atoms with E-state index in [1.807, 2.05) is 19.1 Å². The van der Waals surface area contributed by atoms with Gasteiger partial charge in [0.2, 0.25) is 0 Å². The van der Waals surface area contributed by atoms with E-state index in [0.29, 0.717) is 23.9 Å². The molecule has 1 aromatic carbocycles. The summed E-state index contributed by atoms with van der Waals surface area (Å²) in [4.78, 5) is 12.0. The number of carbonyl (C=O) groups excluding carboxylic acids is 1. The first-order valence-electron chi connectivity index (χ1n) is 6.61. The summed E-state index contributed by atoms with van der Waals surface area (Å²) < 4.78 is 5.22. The summed E-state index contributed by atoms with van der Waals surface area (Å²) in [5.74, 6) is 1.74. The highest BCUT2D eigenvalue weighted by molar-refractivity contribution is 6.17. The Bertz CT molecular complexity index is 421. The van der Waals surface area contributed by atoms with E-state index in [1.165, 1.54) is 0 Å². The van der Waals surface area contributed by atoms with E-state index < -0.39 is 0 Å². The number of benzene rings is 1. The molecule has 0 spiro atoms. The van der Waals surface area contributed by atoms with Crippen LogP contribution in [0.25, 0.3) is 0 Å². The number of aryl methyl sites for hydroxylation is 1. The van der Waals surface area contributed by atoms with Gasteiger partial charge in [0, 0.05) is 18.0 Å². The second-order valence-corrected chi connectivity index (χ2v) is 5.02. The van der Waals surface area contributed by atoms with Crippen LogP contribution >= 0.6 is 11.6 Å². The summed E-state index contributed by atoms with van der Waals surface area (Å²) in [6.45, 7) is 4.73. The van der Waals surface area contributed by atoms with Crippen LogP contribution in [0.5, 0.6) is 5.75 Å². The largest absolute Gasteiger partial charge is 0.496 e. The first-order chi connectivity index (χ1) is 9.12. The number of methoxy groups -OCH3 is 1. The van der Waals surface area contributed by atoms with Crippen molar-refractivity contribution in [2.24, 2.45) is 5.92 Å². The van der Waals surface area contributed by atoms with E-state index in [1.54, 1.807) is 13.2 Å². The zero-order valence-electron chi connectivity index (χ0n) is 11.8. The molecule has 1 aromatic rings. The Morgan fingerprint density at radius 2 is 2.21 bits per heavy atom. The molecule has 0 saturated carbocycles. The van der Waals surface area contributed by atoms with E-state index in [9.17, 15) is 4.79 Å². The van der Waals surface area contributed by atoms with E-state index in [-0.39, 0.29) is 5.91 Å². The Labute approximate surface area is 120 Å². The van der Waals surface area contributed by atoms with Crippen molar-refractivity contribution in [2.75, 3.05) is 19.5 Å². The highest BCUT2D eigenvalue weighted by Crippen LogP contribution is 2.19. The van der Waals surface area contributed by atoms with Crippen LogP contribution in [0.1, 0.15) is 35.7 Å². The first kappa shape index (κ1) is 15.8. The Kier molecular flexibility index (Phi) is 6.71. The second-order valence-electron chi connectivity index (χ2n) is 4.65. The molecule has 0 aliphatic carbocycles. The number of halogens is 1. The Balaban J connectivity index is 2.62. The molecule has 0 radical (unpaired) electrons. The minimum absolute atomic E-state index is 0.0636. The van der Waals surface area contributed by atoms with E-state index in [2.05, 4.69) is 12.2 Å². The minimum Gasteiger partial charge on any atom is -0.496 e. The Morgan fingerprint density at radius 1 is 1.47 bits per heavy atom. The molecule has 1 rings (SSSR count). The zero-order chi connectivity index (χ0) is 14.3. The molecule has 106 valence electrons. The van der Waals surface area contributed by atoms with Crippen LogP contribution in [0.15, 0.2) is 18.2 Å². The molecule has 0 bridgehead atoms. The predicted molar refractivity (Wildman–Crippen MR) is 79.2 cm³/mol. The van der Waals surface area contributed by atoms with Crippen molar-refractivity contribution in [3.63, 3.8) is 0 Å². The number of ether oxygens (including phenoxy) is 1. The van der Waals surface area contributed by atoms with Crippen molar-refractivity contribution in [2.45, 2.75) is 26.7 Å². The normalized spacial score (nSPS) is 12.0. The van der Waals surface area contributed by atoms with Crippen molar-refractivity contribution < 1.29 is 9.53 Å². The highest BCUT2D eigenvalue weighted by atomic mass is 35.5. The monoisotopic (exact) mass is 283 g/mol. The number of amides is 1. The number of nitrogens with one attached hydrogen (secondary N) is 1. The van der Waals surface area contributed by atoms with Gasteiger partial charge in [-0.2, -0.15) is 0 Å². The van der Waals surface area contributed by atoms with Crippen LogP contribution in [0.4, 0.5) is 0 Å². The molecule has 0 heterocycles. The fourth-order valence-corrected chi connectivity index (χ4v) is 2.21. The van der Waals surface area contributed by atoms with Gasteiger partial charge >= 0.3 is 0 Å². The van der Waals surface area contributed by atoms with E-state index >= 15 is 0 Å². The predicted octanol–water partition coefficient (Wildman–Crippen LogP) is 3.39. The van der Waals surface area contributed by atoms with Gasteiger partial charge in [0.25, 0.3) is 5.91 Å². The summed E-state index contributed by atoms with van der Waals surface area (Å²) in [7, 11) is 1.61. The fourth-order valence-electron chi connectivity index (χ4n) is 1.91. The Morgan fingerprint density at radius 3 is 2.79 bits per heavy atom. The van der Waals surface area contributed by atoms with Crippen molar-refractivity contribution in [1.29, 1.82) is 0 Å². The van der Waals surface area contributed by atoms with Crippen LogP contribution in [0.3, 0.4) is 0 Å². The second kappa shape index (κ2) is 8.05. The molecule has 0 fully saturated rings. The number of alkyl halides is 1. The lowest BCUT2D eigenvalue weighted by molar-refractivity contribution is 0.0946. The van der Waals surface area contributed by atoms with Gasteiger partial charge in [-0.25, -0.2) is 0 Å². The third kappa shape index (κ3) is 4.75. The highest BCUT2D eigenvalue weighted by Gasteiger charge is 2.11. The lowest BCUT2D eigenvalue weighted by Gasteiger charge is -2.14. The quantitative estimate of drug-likeness (QED) is 0.779. The molecule has 0 saturated heterocycles. The van der Waals surface area contributed by atoms with Gasteiger partial charge in [-0.15, -0.1) is 11.6 Å². The molecule has 1 amide bonds. The molecule has 0 aliphatic heterocycles. The number of carbonyl (C=O) groups is 1. The lowest BCUT2D eigenvalue weighted by atomic mass is 10.0. The van der Waals surface area contributed by atoms with Crippen molar-refractivity contribution in [1.82, 2.24) is 5.32 Å². The van der Waals surface area contributed by atoms with Gasteiger partial charge in [0.15, 0.2) is 0 Å². The first-order valence-corrected chi connectivity index (χ1v) is 7.14. The van der Waals surface area contributed by atoms with Gasteiger partial charge in [0.1, 0.15) is 5.75 Å². The zero-order valence-corrected chi connectivity index (χ0v) is 12.6. The third-order valence-corrected chi connectivity index (χ3v) is 3.53. The number of hydrogen-bond acceptors (Lipinski definition) is 2. The summed E-state index contributed by atoms with van der Waals surface area (Å²) >= 11 is 5.74.